The first-order valence-electron chi connectivity index (χ1n) is 6.38. The van der Waals surface area contributed by atoms with Crippen LogP contribution in [0.4, 0.5) is 0 Å². The van der Waals surface area contributed by atoms with Crippen molar-refractivity contribution in [3.63, 3.8) is 0 Å². The van der Waals surface area contributed by atoms with Crippen molar-refractivity contribution in [2.45, 2.75) is 5.16 Å². The van der Waals surface area contributed by atoms with Gasteiger partial charge in [0.05, 0.1) is 14.4 Å². The number of thiophene rings is 1. The van der Waals surface area contributed by atoms with Gasteiger partial charge in [0.2, 0.25) is 5.16 Å². The molecule has 0 aliphatic carbocycles. The topological polar surface area (TPSA) is 43.1 Å². The summed E-state index contributed by atoms with van der Waals surface area (Å²) in [6.07, 6.45) is 0. The Bertz CT molecular complexity index is 887. The van der Waals surface area contributed by atoms with E-state index in [0.29, 0.717) is 10.8 Å². The summed E-state index contributed by atoms with van der Waals surface area (Å²) in [4.78, 5) is 1.15. The molecule has 0 atom stereocenters. The van der Waals surface area contributed by atoms with Crippen LogP contribution in [0.5, 0.6) is 0 Å². The fourth-order valence-electron chi connectivity index (χ4n) is 2.13. The van der Waals surface area contributed by atoms with Crippen LogP contribution in [0.2, 0.25) is 5.02 Å². The third-order valence-corrected chi connectivity index (χ3v) is 5.95. The monoisotopic (exact) mass is 410 g/mol. The summed E-state index contributed by atoms with van der Waals surface area (Å²) >= 11 is 12.9. The van der Waals surface area contributed by atoms with E-state index in [1.165, 1.54) is 0 Å². The van der Waals surface area contributed by atoms with Gasteiger partial charge in [-0.25, -0.2) is 0 Å². The molecule has 4 nitrogen and oxygen atoms in total. The van der Waals surface area contributed by atoms with Crippen LogP contribution in [0.3, 0.4) is 0 Å². The third kappa shape index (κ3) is 2.62. The van der Waals surface area contributed by atoms with Crippen LogP contribution in [0.1, 0.15) is 4.88 Å². The molecule has 110 valence electrons. The highest BCUT2D eigenvalue weighted by Crippen LogP contribution is 2.31. The average molecular weight is 412 g/mol. The van der Waals surface area contributed by atoms with Crippen LogP contribution in [-0.2, 0) is 0 Å². The zero-order chi connectivity index (χ0) is 15.1. The van der Waals surface area contributed by atoms with Gasteiger partial charge in [0, 0.05) is 16.3 Å². The van der Waals surface area contributed by atoms with Crippen molar-refractivity contribution in [3.05, 3.63) is 50.1 Å². The van der Waals surface area contributed by atoms with Gasteiger partial charge in [-0.05, 0) is 40.2 Å². The number of rotatable bonds is 2. The molecule has 1 aromatic carbocycles. The summed E-state index contributed by atoms with van der Waals surface area (Å²) in [5, 5.41) is 14.7. The predicted octanol–water partition coefficient (Wildman–Crippen LogP) is 4.78. The Labute approximate surface area is 148 Å². The van der Waals surface area contributed by atoms with Gasteiger partial charge in [0.25, 0.3) is 0 Å². The maximum atomic E-state index is 6.07. The van der Waals surface area contributed by atoms with E-state index in [0.717, 1.165) is 30.8 Å². The second kappa shape index (κ2) is 5.81. The third-order valence-electron chi connectivity index (χ3n) is 3.11. The first kappa shape index (κ1) is 14.4. The van der Waals surface area contributed by atoms with Crippen molar-refractivity contribution in [2.75, 3.05) is 5.75 Å². The molecule has 8 heteroatoms. The number of aromatic nitrogens is 3. The van der Waals surface area contributed by atoms with E-state index in [4.69, 9.17) is 16.7 Å². The molecule has 0 unspecified atom stereocenters. The summed E-state index contributed by atoms with van der Waals surface area (Å²) in [5.41, 5.74) is 1.93. The molecule has 3 heterocycles. The van der Waals surface area contributed by atoms with Crippen LogP contribution >= 0.6 is 50.6 Å². The van der Waals surface area contributed by atoms with E-state index in [1.54, 1.807) is 27.8 Å². The van der Waals surface area contributed by atoms with Gasteiger partial charge >= 0.3 is 0 Å². The van der Waals surface area contributed by atoms with E-state index in [-0.39, 0.29) is 0 Å². The molecule has 2 aromatic heterocycles. The van der Waals surface area contributed by atoms with Crippen molar-refractivity contribution >= 4 is 56.3 Å². The van der Waals surface area contributed by atoms with Gasteiger partial charge in [-0.2, -0.15) is 9.78 Å². The average Bonchev–Trinajstić information content (AvgIpc) is 3.12. The van der Waals surface area contributed by atoms with Crippen LogP contribution in [0, 0.1) is 0 Å². The van der Waals surface area contributed by atoms with Crippen LogP contribution in [0.25, 0.3) is 11.4 Å². The molecular formula is C14H8BrClN4S2. The zero-order valence-electron chi connectivity index (χ0n) is 11.0. The minimum Gasteiger partial charge on any atom is -0.186 e. The number of thioether (sulfide) groups is 1. The highest BCUT2D eigenvalue weighted by Gasteiger charge is 2.21. The molecule has 1 aliphatic heterocycles. The standard InChI is InChI=1S/C14H8BrClN4S2/c15-12-5-4-11(22-12)10-7-21-14-18-17-13(20(14)19-10)8-2-1-3-9(16)6-8/h1-6H,7H2. The van der Waals surface area contributed by atoms with Gasteiger partial charge in [-0.1, -0.05) is 35.5 Å². The SMILES string of the molecule is Clc1cccc(-c2nnc3n2N=C(c2ccc(Br)s2)CS3)c1. The van der Waals surface area contributed by atoms with Gasteiger partial charge in [-0.15, -0.1) is 21.5 Å². The quantitative estimate of drug-likeness (QED) is 0.609. The summed E-state index contributed by atoms with van der Waals surface area (Å²) < 4.78 is 2.89. The molecule has 0 saturated carbocycles. The van der Waals surface area contributed by atoms with E-state index < -0.39 is 0 Å². The highest BCUT2D eigenvalue weighted by molar-refractivity contribution is 9.11. The molecule has 3 aromatic rings. The number of fused-ring (bicyclic) bond motifs is 1. The minimum atomic E-state index is 0.671. The van der Waals surface area contributed by atoms with E-state index in [1.807, 2.05) is 30.3 Å². The maximum absolute atomic E-state index is 6.07. The molecule has 0 N–H and O–H groups in total. The smallest absolute Gasteiger partial charge is 0.186 e. The summed E-state index contributed by atoms with van der Waals surface area (Å²) in [6.45, 7) is 0. The van der Waals surface area contributed by atoms with Gasteiger partial charge in [-0.3, -0.25) is 0 Å². The molecule has 0 fully saturated rings. The van der Waals surface area contributed by atoms with E-state index in [2.05, 4.69) is 32.2 Å². The van der Waals surface area contributed by atoms with Crippen molar-refractivity contribution in [3.8, 4) is 11.4 Å². The summed E-state index contributed by atoms with van der Waals surface area (Å²) in [5.74, 6) is 1.50. The number of hydrogen-bond acceptors (Lipinski definition) is 5. The first-order chi connectivity index (χ1) is 10.7. The largest absolute Gasteiger partial charge is 0.212 e. The second-order valence-corrected chi connectivity index (χ2v) is 8.41. The molecule has 1 aliphatic rings. The maximum Gasteiger partial charge on any atom is 0.212 e. The Hall–Kier alpha value is -1.15. The first-order valence-corrected chi connectivity index (χ1v) is 9.36. The van der Waals surface area contributed by atoms with Crippen molar-refractivity contribution in [1.29, 1.82) is 0 Å². The fourth-order valence-corrected chi connectivity index (χ4v) is 4.60. The fraction of sp³-hybridized carbons (Fsp3) is 0.0714. The molecule has 22 heavy (non-hydrogen) atoms. The van der Waals surface area contributed by atoms with Crippen molar-refractivity contribution < 1.29 is 0 Å². The Morgan fingerprint density at radius 2 is 2.09 bits per heavy atom. The lowest BCUT2D eigenvalue weighted by Crippen LogP contribution is -2.12. The Balaban J connectivity index is 1.81. The molecule has 0 bridgehead atoms. The van der Waals surface area contributed by atoms with E-state index >= 15 is 0 Å². The number of nitrogens with zero attached hydrogens (tertiary/aromatic N) is 4. The highest BCUT2D eigenvalue weighted by atomic mass is 79.9. The van der Waals surface area contributed by atoms with E-state index in [9.17, 15) is 0 Å². The molecular weight excluding hydrogens is 404 g/mol. The molecule has 0 saturated heterocycles. The second-order valence-electron chi connectivity index (χ2n) is 4.57. The number of hydrogen-bond donors (Lipinski definition) is 0. The zero-order valence-corrected chi connectivity index (χ0v) is 15.0. The Kier molecular flexibility index (Phi) is 3.81. The molecule has 0 amide bonds. The Morgan fingerprint density at radius 1 is 1.18 bits per heavy atom. The molecule has 0 spiro atoms. The van der Waals surface area contributed by atoms with Crippen molar-refractivity contribution in [1.82, 2.24) is 14.9 Å². The van der Waals surface area contributed by atoms with Gasteiger partial charge < -0.3 is 0 Å². The Morgan fingerprint density at radius 3 is 2.86 bits per heavy atom. The van der Waals surface area contributed by atoms with Crippen LogP contribution in [0.15, 0.2) is 50.4 Å². The van der Waals surface area contributed by atoms with Crippen LogP contribution in [-0.4, -0.2) is 26.3 Å². The lowest BCUT2D eigenvalue weighted by molar-refractivity contribution is 0.763. The summed E-state index contributed by atoms with van der Waals surface area (Å²) in [7, 11) is 0. The number of halogens is 2. The van der Waals surface area contributed by atoms with Gasteiger partial charge in [0.1, 0.15) is 0 Å². The van der Waals surface area contributed by atoms with Crippen LogP contribution < -0.4 is 0 Å². The van der Waals surface area contributed by atoms with Crippen molar-refractivity contribution in [2.24, 2.45) is 5.10 Å². The number of benzene rings is 1. The lowest BCUT2D eigenvalue weighted by atomic mass is 10.2. The van der Waals surface area contributed by atoms with Gasteiger partial charge in [0.15, 0.2) is 5.82 Å². The molecule has 0 radical (unpaired) electrons. The lowest BCUT2D eigenvalue weighted by Gasteiger charge is -2.12. The normalized spacial score (nSPS) is 13.8. The molecule has 4 rings (SSSR count). The minimum absolute atomic E-state index is 0.671. The summed E-state index contributed by atoms with van der Waals surface area (Å²) in [6, 6.07) is 11.7. The predicted molar refractivity (Wildman–Crippen MR) is 95.1 cm³/mol.